The molecule has 120 valence electrons. The number of nitrogens with one attached hydrogen (secondary N) is 2. The minimum absolute atomic E-state index is 0.252. The van der Waals surface area contributed by atoms with Gasteiger partial charge in [-0.05, 0) is 36.0 Å². The lowest BCUT2D eigenvalue weighted by molar-refractivity contribution is -0.402. The molecular formula is C14H14N4O4S. The molecule has 9 heteroatoms. The zero-order chi connectivity index (χ0) is 16.7. The van der Waals surface area contributed by atoms with Gasteiger partial charge in [0.15, 0.2) is 10.9 Å². The molecule has 0 bridgehead atoms. The summed E-state index contributed by atoms with van der Waals surface area (Å²) in [4.78, 5) is 9.85. The summed E-state index contributed by atoms with van der Waals surface area (Å²) in [7, 11) is 1.61. The number of furan rings is 1. The highest BCUT2D eigenvalue weighted by molar-refractivity contribution is 7.80. The Morgan fingerprint density at radius 2 is 2.13 bits per heavy atom. The molecule has 0 unspecified atom stereocenters. The van der Waals surface area contributed by atoms with Crippen molar-refractivity contribution in [1.82, 2.24) is 10.7 Å². The van der Waals surface area contributed by atoms with E-state index >= 15 is 0 Å². The number of nitro groups is 1. The van der Waals surface area contributed by atoms with Crippen LogP contribution in [0.4, 0.5) is 5.88 Å². The van der Waals surface area contributed by atoms with Crippen LogP contribution in [0.15, 0.2) is 45.9 Å². The van der Waals surface area contributed by atoms with Crippen molar-refractivity contribution in [1.29, 1.82) is 0 Å². The van der Waals surface area contributed by atoms with Crippen molar-refractivity contribution in [3.05, 3.63) is 57.8 Å². The fourth-order valence-corrected chi connectivity index (χ4v) is 1.75. The first kappa shape index (κ1) is 16.4. The third kappa shape index (κ3) is 5.08. The van der Waals surface area contributed by atoms with Crippen LogP contribution < -0.4 is 15.5 Å². The molecule has 2 aromatic rings. The van der Waals surface area contributed by atoms with E-state index in [2.05, 4.69) is 15.8 Å². The molecule has 2 rings (SSSR count). The predicted molar refractivity (Wildman–Crippen MR) is 88.5 cm³/mol. The van der Waals surface area contributed by atoms with Gasteiger partial charge in [0.2, 0.25) is 0 Å². The van der Waals surface area contributed by atoms with Crippen molar-refractivity contribution < 1.29 is 14.1 Å². The second-order valence-electron chi connectivity index (χ2n) is 4.33. The van der Waals surface area contributed by atoms with Gasteiger partial charge < -0.3 is 14.5 Å². The van der Waals surface area contributed by atoms with Crippen LogP contribution in [-0.4, -0.2) is 23.4 Å². The van der Waals surface area contributed by atoms with E-state index in [1.165, 1.54) is 18.3 Å². The van der Waals surface area contributed by atoms with Gasteiger partial charge in [0.1, 0.15) is 10.7 Å². The molecule has 1 aromatic carbocycles. The standard InChI is InChI=1S/C14H14N4O4S/c1-21-11-4-2-10(3-5-11)8-15-14(23)17-16-9-12-6-7-13(22-12)18(19)20/h2-7,9H,8H2,1H3,(H2,15,17,23)/b16-9+. The molecule has 0 radical (unpaired) electrons. The molecule has 23 heavy (non-hydrogen) atoms. The van der Waals surface area contributed by atoms with Crippen LogP contribution in [0.2, 0.25) is 0 Å². The summed E-state index contributed by atoms with van der Waals surface area (Å²) >= 11 is 5.06. The van der Waals surface area contributed by atoms with Gasteiger partial charge in [-0.15, -0.1) is 0 Å². The molecule has 1 aromatic heterocycles. The monoisotopic (exact) mass is 334 g/mol. The molecule has 0 aliphatic rings. The van der Waals surface area contributed by atoms with Gasteiger partial charge >= 0.3 is 5.88 Å². The van der Waals surface area contributed by atoms with Crippen molar-refractivity contribution in [2.45, 2.75) is 6.54 Å². The topological polar surface area (TPSA) is 102 Å². The first-order valence-electron chi connectivity index (χ1n) is 6.52. The third-order valence-electron chi connectivity index (χ3n) is 2.76. The summed E-state index contributed by atoms with van der Waals surface area (Å²) in [5, 5.41) is 17.6. The number of methoxy groups -OCH3 is 1. The van der Waals surface area contributed by atoms with Gasteiger partial charge in [0.05, 0.1) is 19.4 Å². The number of ether oxygens (including phenoxy) is 1. The van der Waals surface area contributed by atoms with Crippen molar-refractivity contribution in [3.8, 4) is 5.75 Å². The highest BCUT2D eigenvalue weighted by Gasteiger charge is 2.10. The molecule has 2 N–H and O–H groups in total. The summed E-state index contributed by atoms with van der Waals surface area (Å²) in [6.45, 7) is 0.525. The molecular weight excluding hydrogens is 320 g/mol. The number of rotatable bonds is 6. The number of thiocarbonyl (C=S) groups is 1. The second-order valence-corrected chi connectivity index (χ2v) is 4.74. The fourth-order valence-electron chi connectivity index (χ4n) is 1.63. The van der Waals surface area contributed by atoms with Gasteiger partial charge in [-0.25, -0.2) is 0 Å². The van der Waals surface area contributed by atoms with E-state index in [1.54, 1.807) is 7.11 Å². The molecule has 0 aliphatic heterocycles. The highest BCUT2D eigenvalue weighted by Crippen LogP contribution is 2.13. The molecule has 0 saturated heterocycles. The van der Waals surface area contributed by atoms with Crippen molar-refractivity contribution >= 4 is 29.4 Å². The average molecular weight is 334 g/mol. The Labute approximate surface area is 137 Å². The van der Waals surface area contributed by atoms with E-state index in [9.17, 15) is 10.1 Å². The summed E-state index contributed by atoms with van der Waals surface area (Å²) < 4.78 is 9.99. The van der Waals surface area contributed by atoms with Gasteiger partial charge in [-0.1, -0.05) is 12.1 Å². The van der Waals surface area contributed by atoms with Crippen molar-refractivity contribution in [3.63, 3.8) is 0 Å². The Hall–Kier alpha value is -2.94. The number of hydrogen-bond donors (Lipinski definition) is 2. The van der Waals surface area contributed by atoms with E-state index in [-0.39, 0.29) is 11.6 Å². The number of hydrazone groups is 1. The van der Waals surface area contributed by atoms with E-state index in [4.69, 9.17) is 21.4 Å². The normalized spacial score (nSPS) is 10.5. The van der Waals surface area contributed by atoms with E-state index < -0.39 is 4.92 Å². The molecule has 0 fully saturated rings. The van der Waals surface area contributed by atoms with E-state index in [0.29, 0.717) is 11.7 Å². The minimum atomic E-state index is -0.619. The summed E-state index contributed by atoms with van der Waals surface area (Å²) in [6, 6.07) is 10.2. The van der Waals surface area contributed by atoms with Crippen LogP contribution >= 0.6 is 12.2 Å². The quantitative estimate of drug-likeness (QED) is 0.361. The SMILES string of the molecule is COc1ccc(CNC(=S)N/N=C/c2ccc([N+](=O)[O-])o2)cc1. The summed E-state index contributed by atoms with van der Waals surface area (Å²) in [5.74, 6) is 0.695. The number of nitrogens with zero attached hydrogens (tertiary/aromatic N) is 2. The zero-order valence-corrected chi connectivity index (χ0v) is 13.0. The summed E-state index contributed by atoms with van der Waals surface area (Å²) in [5.41, 5.74) is 3.63. The Balaban J connectivity index is 1.77. The molecule has 0 amide bonds. The lowest BCUT2D eigenvalue weighted by Crippen LogP contribution is -2.31. The maximum atomic E-state index is 10.5. The third-order valence-corrected chi connectivity index (χ3v) is 3.00. The van der Waals surface area contributed by atoms with Crippen LogP contribution in [0.5, 0.6) is 5.75 Å². The van der Waals surface area contributed by atoms with Gasteiger partial charge in [-0.3, -0.25) is 15.5 Å². The lowest BCUT2D eigenvalue weighted by atomic mass is 10.2. The van der Waals surface area contributed by atoms with Gasteiger partial charge in [-0.2, -0.15) is 5.10 Å². The Morgan fingerprint density at radius 3 is 2.74 bits per heavy atom. The fraction of sp³-hybridized carbons (Fsp3) is 0.143. The van der Waals surface area contributed by atoms with Crippen LogP contribution in [-0.2, 0) is 6.54 Å². The van der Waals surface area contributed by atoms with Crippen LogP contribution in [0.25, 0.3) is 0 Å². The first-order valence-corrected chi connectivity index (χ1v) is 6.93. The highest BCUT2D eigenvalue weighted by atomic mass is 32.1. The Bertz CT molecular complexity index is 712. The lowest BCUT2D eigenvalue weighted by Gasteiger charge is -2.07. The maximum absolute atomic E-state index is 10.5. The van der Waals surface area contributed by atoms with Gasteiger partial charge in [0, 0.05) is 6.54 Å². The molecule has 1 heterocycles. The number of hydrogen-bond acceptors (Lipinski definition) is 6. The van der Waals surface area contributed by atoms with Crippen LogP contribution in [0.3, 0.4) is 0 Å². The molecule has 8 nitrogen and oxygen atoms in total. The van der Waals surface area contributed by atoms with Crippen molar-refractivity contribution in [2.75, 3.05) is 7.11 Å². The maximum Gasteiger partial charge on any atom is 0.433 e. The predicted octanol–water partition coefficient (Wildman–Crippen LogP) is 2.19. The number of benzene rings is 1. The van der Waals surface area contributed by atoms with Crippen LogP contribution in [0.1, 0.15) is 11.3 Å². The van der Waals surface area contributed by atoms with Crippen molar-refractivity contribution in [2.24, 2.45) is 5.10 Å². The van der Waals surface area contributed by atoms with Crippen LogP contribution in [0, 0.1) is 10.1 Å². The van der Waals surface area contributed by atoms with E-state index in [1.807, 2.05) is 24.3 Å². The molecule has 0 saturated carbocycles. The smallest absolute Gasteiger partial charge is 0.433 e. The van der Waals surface area contributed by atoms with Gasteiger partial charge in [0.25, 0.3) is 0 Å². The first-order chi connectivity index (χ1) is 11.1. The Kier molecular flexibility index (Phi) is 5.64. The largest absolute Gasteiger partial charge is 0.497 e. The second kappa shape index (κ2) is 7.90. The molecule has 0 spiro atoms. The van der Waals surface area contributed by atoms with E-state index in [0.717, 1.165) is 11.3 Å². The molecule has 0 aliphatic carbocycles. The summed E-state index contributed by atoms with van der Waals surface area (Å²) in [6.07, 6.45) is 1.30. The molecule has 0 atom stereocenters. The Morgan fingerprint density at radius 1 is 1.39 bits per heavy atom. The minimum Gasteiger partial charge on any atom is -0.497 e. The average Bonchev–Trinajstić information content (AvgIpc) is 3.02. The zero-order valence-electron chi connectivity index (χ0n) is 12.2.